The zero-order chi connectivity index (χ0) is 36.1. The molecule has 5 N–H and O–H groups in total. The Kier molecular flexibility index (Phi) is 13.4. The van der Waals surface area contributed by atoms with E-state index in [2.05, 4.69) is 50.8 Å². The third kappa shape index (κ3) is 11.0. The highest BCUT2D eigenvalue weighted by Crippen LogP contribution is 2.38. The third-order valence-electron chi connectivity index (χ3n) is 9.82. The molecule has 0 radical (unpaired) electrons. The van der Waals surface area contributed by atoms with Crippen molar-refractivity contribution >= 4 is 23.2 Å². The summed E-state index contributed by atoms with van der Waals surface area (Å²) in [7, 11) is 0. The number of para-hydroxylation sites is 2. The van der Waals surface area contributed by atoms with Gasteiger partial charge in [0, 0.05) is 70.6 Å². The number of aliphatic hydroxyl groups excluding tert-OH is 1. The minimum Gasteiger partial charge on any atom is -0.397 e. The first-order valence-electron chi connectivity index (χ1n) is 18.4. The van der Waals surface area contributed by atoms with Crippen LogP contribution in [0.2, 0.25) is 0 Å². The number of aliphatic hydroxyl groups is 1. The molecule has 0 aromatic heterocycles. The molecular formula is C42H51N5O5. The zero-order valence-corrected chi connectivity index (χ0v) is 29.8. The maximum Gasteiger partial charge on any atom is 0.224 e. The molecule has 274 valence electrons. The molecule has 2 saturated heterocycles. The number of ether oxygens (including phenoxy) is 2. The average Bonchev–Trinajstić information content (AvgIpc) is 3.18. The SMILES string of the molecule is Nc1ccccc1NC(=O)CCCCC(=O)NCc1ccc(C2OC(CN3CCN(Cc4ccccc4)CC3)CC(c3ccc(CO)cc3)O2)cc1. The molecule has 2 heterocycles. The van der Waals surface area contributed by atoms with Gasteiger partial charge in [-0.3, -0.25) is 19.4 Å². The highest BCUT2D eigenvalue weighted by Gasteiger charge is 2.33. The summed E-state index contributed by atoms with van der Waals surface area (Å²) in [5.74, 6) is -0.159. The lowest BCUT2D eigenvalue weighted by Gasteiger charge is -2.40. The maximum atomic E-state index is 12.5. The molecule has 3 atom stereocenters. The van der Waals surface area contributed by atoms with Crippen LogP contribution in [0.4, 0.5) is 11.4 Å². The Morgan fingerprint density at radius 3 is 2.06 bits per heavy atom. The maximum absolute atomic E-state index is 12.5. The number of nitrogens with zero attached hydrogens (tertiary/aromatic N) is 2. The Hall–Kier alpha value is -4.58. The van der Waals surface area contributed by atoms with Crippen LogP contribution in [0.5, 0.6) is 0 Å². The molecule has 0 spiro atoms. The number of anilines is 2. The molecule has 0 bridgehead atoms. The first-order chi connectivity index (χ1) is 25.4. The van der Waals surface area contributed by atoms with Gasteiger partial charge in [-0.15, -0.1) is 0 Å². The minimum absolute atomic E-state index is 0.00733. The van der Waals surface area contributed by atoms with Gasteiger partial charge in [0.15, 0.2) is 6.29 Å². The van der Waals surface area contributed by atoms with Crippen molar-refractivity contribution in [1.82, 2.24) is 15.1 Å². The van der Waals surface area contributed by atoms with Crippen LogP contribution in [-0.2, 0) is 38.8 Å². The summed E-state index contributed by atoms with van der Waals surface area (Å²) >= 11 is 0. The summed E-state index contributed by atoms with van der Waals surface area (Å²) in [5, 5.41) is 15.4. The molecule has 0 aliphatic carbocycles. The van der Waals surface area contributed by atoms with Crippen LogP contribution in [-0.4, -0.2) is 65.5 Å². The lowest BCUT2D eigenvalue weighted by molar-refractivity contribution is -0.253. The highest BCUT2D eigenvalue weighted by molar-refractivity contribution is 5.93. The molecule has 10 nitrogen and oxygen atoms in total. The van der Waals surface area contributed by atoms with Crippen LogP contribution in [0, 0.1) is 0 Å². The van der Waals surface area contributed by atoms with E-state index in [1.807, 2.05) is 60.7 Å². The van der Waals surface area contributed by atoms with Crippen LogP contribution in [0.15, 0.2) is 103 Å². The number of nitrogen functional groups attached to an aromatic ring is 1. The second-order valence-corrected chi connectivity index (χ2v) is 13.8. The predicted octanol–water partition coefficient (Wildman–Crippen LogP) is 5.94. The smallest absolute Gasteiger partial charge is 0.224 e. The largest absolute Gasteiger partial charge is 0.397 e. The summed E-state index contributed by atoms with van der Waals surface area (Å²) in [6.07, 6.45) is 1.98. The first kappa shape index (κ1) is 37.2. The third-order valence-corrected chi connectivity index (χ3v) is 9.82. The molecule has 52 heavy (non-hydrogen) atoms. The topological polar surface area (TPSA) is 129 Å². The predicted molar refractivity (Wildman–Crippen MR) is 203 cm³/mol. The summed E-state index contributed by atoms with van der Waals surface area (Å²) in [6.45, 7) is 6.26. The normalized spacial score (nSPS) is 19.6. The standard InChI is InChI=1S/C42H51N5O5/c43-37-10-4-5-11-38(37)45-41(50)13-7-6-12-40(49)44-27-31-14-20-35(21-15-31)42-51-36(26-39(52-42)34-18-16-33(30-48)17-19-34)29-47-24-22-46(23-25-47)28-32-8-2-1-3-9-32/h1-5,8-11,14-21,36,39,42,48H,6-7,12-13,22-30,43H2,(H,44,49)(H,45,50). The van der Waals surface area contributed by atoms with Gasteiger partial charge in [-0.25, -0.2) is 0 Å². The number of hydrogen-bond donors (Lipinski definition) is 4. The van der Waals surface area contributed by atoms with E-state index in [0.29, 0.717) is 43.6 Å². The summed E-state index contributed by atoms with van der Waals surface area (Å²) in [5.41, 5.74) is 12.2. The van der Waals surface area contributed by atoms with E-state index in [1.54, 1.807) is 12.1 Å². The van der Waals surface area contributed by atoms with Gasteiger partial charge in [0.05, 0.1) is 30.2 Å². The number of nitrogens with one attached hydrogen (secondary N) is 2. The molecule has 2 amide bonds. The number of nitrogens with two attached hydrogens (primary N) is 1. The van der Waals surface area contributed by atoms with E-state index in [4.69, 9.17) is 15.2 Å². The van der Waals surface area contributed by atoms with Gasteiger partial charge in [0.2, 0.25) is 11.8 Å². The second kappa shape index (κ2) is 18.8. The lowest BCUT2D eigenvalue weighted by Crippen LogP contribution is -2.49. The monoisotopic (exact) mass is 705 g/mol. The molecule has 2 aliphatic heterocycles. The van der Waals surface area contributed by atoms with Gasteiger partial charge in [-0.2, -0.15) is 0 Å². The van der Waals surface area contributed by atoms with Crippen LogP contribution in [0.25, 0.3) is 0 Å². The highest BCUT2D eigenvalue weighted by atomic mass is 16.7. The molecule has 6 rings (SSSR count). The van der Waals surface area contributed by atoms with Gasteiger partial charge in [0.1, 0.15) is 0 Å². The van der Waals surface area contributed by atoms with Crippen molar-refractivity contribution in [3.05, 3.63) is 131 Å². The van der Waals surface area contributed by atoms with E-state index >= 15 is 0 Å². The Bertz CT molecular complexity index is 1710. The molecule has 2 aliphatic rings. The van der Waals surface area contributed by atoms with E-state index in [-0.39, 0.29) is 30.6 Å². The van der Waals surface area contributed by atoms with Crippen LogP contribution in [0.1, 0.15) is 72.3 Å². The molecule has 4 aromatic carbocycles. The quantitative estimate of drug-likeness (QED) is 0.0884. The van der Waals surface area contributed by atoms with Gasteiger partial charge < -0.3 is 30.9 Å². The van der Waals surface area contributed by atoms with Gasteiger partial charge >= 0.3 is 0 Å². The first-order valence-corrected chi connectivity index (χ1v) is 18.4. The molecule has 10 heteroatoms. The molecular weight excluding hydrogens is 654 g/mol. The summed E-state index contributed by atoms with van der Waals surface area (Å²) in [6, 6.07) is 33.8. The second-order valence-electron chi connectivity index (χ2n) is 13.8. The Morgan fingerprint density at radius 2 is 1.35 bits per heavy atom. The van der Waals surface area contributed by atoms with Crippen molar-refractivity contribution in [1.29, 1.82) is 0 Å². The van der Waals surface area contributed by atoms with Gasteiger partial charge in [-0.1, -0.05) is 91.0 Å². The summed E-state index contributed by atoms with van der Waals surface area (Å²) in [4.78, 5) is 29.8. The molecule has 2 fully saturated rings. The molecule has 4 aromatic rings. The van der Waals surface area contributed by atoms with Crippen molar-refractivity contribution in [2.45, 2.75) is 70.3 Å². The fourth-order valence-electron chi connectivity index (χ4n) is 6.77. The van der Waals surface area contributed by atoms with Crippen LogP contribution in [0.3, 0.4) is 0 Å². The van der Waals surface area contributed by atoms with E-state index in [1.165, 1.54) is 5.56 Å². The zero-order valence-electron chi connectivity index (χ0n) is 29.8. The number of piperazine rings is 1. The number of hydrogen-bond acceptors (Lipinski definition) is 8. The Labute approximate surface area is 306 Å². The van der Waals surface area contributed by atoms with Crippen LogP contribution < -0.4 is 16.4 Å². The van der Waals surface area contributed by atoms with E-state index < -0.39 is 6.29 Å². The number of unbranched alkanes of at least 4 members (excludes halogenated alkanes) is 1. The number of benzene rings is 4. The Morgan fingerprint density at radius 1 is 0.712 bits per heavy atom. The van der Waals surface area contributed by atoms with Gasteiger partial charge in [-0.05, 0) is 47.2 Å². The summed E-state index contributed by atoms with van der Waals surface area (Å²) < 4.78 is 13.2. The Balaban J connectivity index is 0.982. The fourth-order valence-corrected chi connectivity index (χ4v) is 6.77. The molecule has 3 unspecified atom stereocenters. The van der Waals surface area contributed by atoms with Gasteiger partial charge in [0.25, 0.3) is 0 Å². The van der Waals surface area contributed by atoms with Crippen molar-refractivity contribution in [2.75, 3.05) is 43.8 Å². The van der Waals surface area contributed by atoms with Crippen molar-refractivity contribution in [3.63, 3.8) is 0 Å². The number of rotatable bonds is 15. The number of carbonyl (C=O) groups excluding carboxylic acids is 2. The van der Waals surface area contributed by atoms with Crippen LogP contribution >= 0.6 is 0 Å². The lowest BCUT2D eigenvalue weighted by atomic mass is 9.99. The number of amides is 2. The minimum atomic E-state index is -0.528. The van der Waals surface area contributed by atoms with E-state index in [0.717, 1.165) is 67.9 Å². The van der Waals surface area contributed by atoms with Crippen molar-refractivity contribution < 1.29 is 24.2 Å². The van der Waals surface area contributed by atoms with Crippen molar-refractivity contribution in [2.24, 2.45) is 0 Å². The molecule has 0 saturated carbocycles. The fraction of sp³-hybridized carbons (Fsp3) is 0.381. The average molecular weight is 706 g/mol. The van der Waals surface area contributed by atoms with E-state index in [9.17, 15) is 14.7 Å². The number of carbonyl (C=O) groups is 2. The van der Waals surface area contributed by atoms with Crippen molar-refractivity contribution in [3.8, 4) is 0 Å².